The summed E-state index contributed by atoms with van der Waals surface area (Å²) in [5.41, 5.74) is 1.67. The lowest BCUT2D eigenvalue weighted by atomic mass is 10.1. The van der Waals surface area contributed by atoms with Gasteiger partial charge in [-0.3, -0.25) is 0 Å². The molecule has 136 valence electrons. The average Bonchev–Trinajstić information content (AvgIpc) is 3.10. The van der Waals surface area contributed by atoms with Crippen LogP contribution in [0.4, 0.5) is 4.39 Å². The molecule has 4 aromatic rings. The normalized spacial score (nSPS) is 11.1. The summed E-state index contributed by atoms with van der Waals surface area (Å²) in [6.07, 6.45) is 0. The van der Waals surface area contributed by atoms with E-state index in [1.165, 1.54) is 12.1 Å². The number of benzene rings is 2. The van der Waals surface area contributed by atoms with E-state index in [0.29, 0.717) is 28.4 Å². The van der Waals surface area contributed by atoms with Gasteiger partial charge in [-0.25, -0.2) is 9.18 Å². The van der Waals surface area contributed by atoms with E-state index < -0.39 is 5.63 Å². The quantitative estimate of drug-likeness (QED) is 0.303. The minimum atomic E-state index is -0.406. The summed E-state index contributed by atoms with van der Waals surface area (Å²) in [5.74, 6) is 0.611. The van der Waals surface area contributed by atoms with E-state index in [4.69, 9.17) is 13.7 Å². The number of rotatable bonds is 4. The highest BCUT2D eigenvalue weighted by molar-refractivity contribution is 14.1. The van der Waals surface area contributed by atoms with Crippen molar-refractivity contribution < 1.29 is 18.1 Å². The summed E-state index contributed by atoms with van der Waals surface area (Å²) >= 11 is 2.11. The van der Waals surface area contributed by atoms with Crippen LogP contribution in [0.25, 0.3) is 22.2 Å². The van der Waals surface area contributed by atoms with Gasteiger partial charge in [-0.15, -0.1) is 0 Å². The molecule has 0 bridgehead atoms. The largest absolute Gasteiger partial charge is 0.485 e. The van der Waals surface area contributed by atoms with Gasteiger partial charge in [0.15, 0.2) is 5.76 Å². The fourth-order valence-electron chi connectivity index (χ4n) is 2.75. The molecule has 2 aromatic carbocycles. The average molecular weight is 477 g/mol. The van der Waals surface area contributed by atoms with Gasteiger partial charge in [0.1, 0.15) is 29.5 Å². The zero-order valence-corrected chi connectivity index (χ0v) is 16.3. The Morgan fingerprint density at radius 1 is 1.15 bits per heavy atom. The Morgan fingerprint density at radius 2 is 2.00 bits per heavy atom. The van der Waals surface area contributed by atoms with Crippen LogP contribution in [-0.2, 0) is 6.61 Å². The summed E-state index contributed by atoms with van der Waals surface area (Å²) in [6.45, 7) is 1.96. The van der Waals surface area contributed by atoms with E-state index in [2.05, 4.69) is 27.7 Å². The third-order valence-electron chi connectivity index (χ3n) is 4.07. The second-order valence-electron chi connectivity index (χ2n) is 6.00. The molecule has 7 heteroatoms. The van der Waals surface area contributed by atoms with Gasteiger partial charge in [-0.2, -0.15) is 0 Å². The standard InChI is InChI=1S/C20H13FINO4/c1-11-6-20(24)26-19-9-13(3-4-15(11)19)25-10-14-8-18(23-27-14)16-7-12(22)2-5-17(16)21/h2-9H,10H2,1H3. The highest BCUT2D eigenvalue weighted by Crippen LogP contribution is 2.26. The van der Waals surface area contributed by atoms with Crippen LogP contribution in [0.1, 0.15) is 11.3 Å². The summed E-state index contributed by atoms with van der Waals surface area (Å²) in [5, 5.41) is 4.76. The molecular weight excluding hydrogens is 464 g/mol. The molecule has 0 N–H and O–H groups in total. The van der Waals surface area contributed by atoms with Crippen LogP contribution >= 0.6 is 22.6 Å². The van der Waals surface area contributed by atoms with E-state index in [9.17, 15) is 9.18 Å². The molecule has 2 heterocycles. The first kappa shape index (κ1) is 17.7. The Balaban J connectivity index is 1.54. The Labute approximate surface area is 166 Å². The van der Waals surface area contributed by atoms with Crippen molar-refractivity contribution in [2.45, 2.75) is 13.5 Å². The van der Waals surface area contributed by atoms with Gasteiger partial charge in [0.25, 0.3) is 0 Å². The molecule has 2 aromatic heterocycles. The van der Waals surface area contributed by atoms with E-state index in [1.807, 2.05) is 13.0 Å². The summed E-state index contributed by atoms with van der Waals surface area (Å²) in [4.78, 5) is 11.5. The van der Waals surface area contributed by atoms with Gasteiger partial charge in [0.05, 0.1) is 0 Å². The number of fused-ring (bicyclic) bond motifs is 1. The lowest BCUT2D eigenvalue weighted by Gasteiger charge is -2.05. The Morgan fingerprint density at radius 3 is 2.85 bits per heavy atom. The lowest BCUT2D eigenvalue weighted by Crippen LogP contribution is -1.98. The van der Waals surface area contributed by atoms with Crippen molar-refractivity contribution in [2.24, 2.45) is 0 Å². The van der Waals surface area contributed by atoms with Crippen molar-refractivity contribution in [1.29, 1.82) is 0 Å². The summed E-state index contributed by atoms with van der Waals surface area (Å²) < 4.78 is 31.0. The second kappa shape index (κ2) is 7.15. The Hall–Kier alpha value is -2.68. The van der Waals surface area contributed by atoms with Crippen LogP contribution in [-0.4, -0.2) is 5.16 Å². The van der Waals surface area contributed by atoms with E-state index in [-0.39, 0.29) is 12.4 Å². The molecule has 0 fully saturated rings. The second-order valence-corrected chi connectivity index (χ2v) is 7.24. The highest BCUT2D eigenvalue weighted by Gasteiger charge is 2.12. The summed E-state index contributed by atoms with van der Waals surface area (Å²) in [6, 6.07) is 13.1. The molecule has 0 aliphatic rings. The zero-order valence-electron chi connectivity index (χ0n) is 14.2. The first-order chi connectivity index (χ1) is 13.0. The monoisotopic (exact) mass is 477 g/mol. The van der Waals surface area contributed by atoms with Crippen molar-refractivity contribution in [2.75, 3.05) is 0 Å². The van der Waals surface area contributed by atoms with Gasteiger partial charge in [0.2, 0.25) is 0 Å². The smallest absolute Gasteiger partial charge is 0.336 e. The van der Waals surface area contributed by atoms with Crippen molar-refractivity contribution in [3.05, 3.63) is 79.7 Å². The molecule has 0 atom stereocenters. The Bertz CT molecular complexity index is 1200. The van der Waals surface area contributed by atoms with Gasteiger partial charge < -0.3 is 13.7 Å². The van der Waals surface area contributed by atoms with Crippen molar-refractivity contribution in [1.82, 2.24) is 5.16 Å². The maximum atomic E-state index is 14.0. The minimum absolute atomic E-state index is 0.111. The van der Waals surface area contributed by atoms with E-state index in [0.717, 1.165) is 14.5 Å². The maximum Gasteiger partial charge on any atom is 0.336 e. The predicted molar refractivity (Wildman–Crippen MR) is 106 cm³/mol. The lowest BCUT2D eigenvalue weighted by molar-refractivity contribution is 0.249. The molecule has 0 unspecified atom stereocenters. The topological polar surface area (TPSA) is 65.5 Å². The number of halogens is 2. The Kier molecular flexibility index (Phi) is 4.69. The summed E-state index contributed by atoms with van der Waals surface area (Å²) in [7, 11) is 0. The van der Waals surface area contributed by atoms with Gasteiger partial charge >= 0.3 is 5.63 Å². The van der Waals surface area contributed by atoms with Crippen LogP contribution in [0, 0.1) is 16.3 Å². The van der Waals surface area contributed by atoms with Crippen LogP contribution in [0.5, 0.6) is 5.75 Å². The molecule has 27 heavy (non-hydrogen) atoms. The minimum Gasteiger partial charge on any atom is -0.485 e. The predicted octanol–water partition coefficient (Wildman–Crippen LogP) is 5.08. The molecule has 0 aliphatic heterocycles. The molecule has 0 radical (unpaired) electrons. The zero-order chi connectivity index (χ0) is 19.0. The highest BCUT2D eigenvalue weighted by atomic mass is 127. The van der Waals surface area contributed by atoms with Crippen molar-refractivity contribution in [3.8, 4) is 17.0 Å². The van der Waals surface area contributed by atoms with E-state index in [1.54, 1.807) is 30.3 Å². The van der Waals surface area contributed by atoms with Crippen molar-refractivity contribution in [3.63, 3.8) is 0 Å². The molecule has 0 aliphatic carbocycles. The van der Waals surface area contributed by atoms with Crippen LogP contribution in [0.3, 0.4) is 0 Å². The number of aromatic nitrogens is 1. The fourth-order valence-corrected chi connectivity index (χ4v) is 3.24. The maximum absolute atomic E-state index is 14.0. The van der Waals surface area contributed by atoms with Crippen LogP contribution < -0.4 is 10.4 Å². The van der Waals surface area contributed by atoms with Gasteiger partial charge in [0, 0.05) is 32.7 Å². The van der Waals surface area contributed by atoms with Crippen LogP contribution in [0.2, 0.25) is 0 Å². The third kappa shape index (κ3) is 3.73. The number of ether oxygens (including phenoxy) is 1. The third-order valence-corrected chi connectivity index (χ3v) is 4.74. The fraction of sp³-hybridized carbons (Fsp3) is 0.100. The van der Waals surface area contributed by atoms with Crippen LogP contribution in [0.15, 0.2) is 62.3 Å². The molecule has 4 rings (SSSR count). The molecule has 0 saturated carbocycles. The van der Waals surface area contributed by atoms with E-state index >= 15 is 0 Å². The number of hydrogen-bond acceptors (Lipinski definition) is 5. The molecule has 0 amide bonds. The first-order valence-corrected chi connectivity index (χ1v) is 9.16. The first-order valence-electron chi connectivity index (χ1n) is 8.08. The SMILES string of the molecule is Cc1cc(=O)oc2cc(OCc3cc(-c4cc(I)ccc4F)no3)ccc12. The van der Waals surface area contributed by atoms with Gasteiger partial charge in [-0.05, 0) is 65.4 Å². The van der Waals surface area contributed by atoms with Crippen molar-refractivity contribution >= 4 is 33.6 Å². The number of hydrogen-bond donors (Lipinski definition) is 0. The molecule has 0 spiro atoms. The van der Waals surface area contributed by atoms with Gasteiger partial charge in [-0.1, -0.05) is 5.16 Å². The molecule has 0 saturated heterocycles. The molecule has 5 nitrogen and oxygen atoms in total. The number of aryl methyl sites for hydroxylation is 1. The molecular formula is C20H13FINO4. The number of nitrogens with zero attached hydrogens (tertiary/aromatic N) is 1.